The molecule has 3 aromatic rings. The van der Waals surface area contributed by atoms with Crippen LogP contribution in [0.15, 0.2) is 36.4 Å². The third-order valence-electron chi connectivity index (χ3n) is 4.32. The minimum atomic E-state index is -0.866. The molecule has 0 saturated carbocycles. The zero-order valence-electron chi connectivity index (χ0n) is 14.5. The molecule has 0 spiro atoms. The van der Waals surface area contributed by atoms with Crippen molar-refractivity contribution in [3.05, 3.63) is 41.3 Å². The van der Waals surface area contributed by atoms with Crippen molar-refractivity contribution in [2.45, 2.75) is 33.2 Å². The van der Waals surface area contributed by atoms with Gasteiger partial charge >= 0.3 is 5.97 Å². The topological polar surface area (TPSA) is 75.1 Å². The van der Waals surface area contributed by atoms with Gasteiger partial charge < -0.3 is 10.4 Å². The normalized spacial score (nSPS) is 13.6. The molecule has 25 heavy (non-hydrogen) atoms. The molecule has 1 aromatic carbocycles. The first kappa shape index (κ1) is 17.4. The van der Waals surface area contributed by atoms with E-state index in [1.165, 1.54) is 0 Å². The molecule has 2 heterocycles. The van der Waals surface area contributed by atoms with Gasteiger partial charge in [0.15, 0.2) is 5.82 Å². The Hall–Kier alpha value is -2.47. The van der Waals surface area contributed by atoms with Gasteiger partial charge in [-0.15, -0.1) is 11.3 Å². The number of aryl methyl sites for hydroxylation is 1. The van der Waals surface area contributed by atoms with Crippen molar-refractivity contribution in [3.8, 4) is 11.4 Å². The van der Waals surface area contributed by atoms with E-state index in [4.69, 9.17) is 0 Å². The van der Waals surface area contributed by atoms with Crippen molar-refractivity contribution in [1.82, 2.24) is 9.97 Å². The van der Waals surface area contributed by atoms with E-state index >= 15 is 0 Å². The van der Waals surface area contributed by atoms with E-state index in [0.717, 1.165) is 27.1 Å². The van der Waals surface area contributed by atoms with Crippen LogP contribution in [0.5, 0.6) is 0 Å². The lowest BCUT2D eigenvalue weighted by Gasteiger charge is -2.21. The summed E-state index contributed by atoms with van der Waals surface area (Å²) in [5, 5.41) is 13.6. The second-order valence-corrected chi connectivity index (χ2v) is 7.42. The summed E-state index contributed by atoms with van der Waals surface area (Å²) in [5.41, 5.74) is 0.911. The summed E-state index contributed by atoms with van der Waals surface area (Å²) >= 11 is 1.59. The van der Waals surface area contributed by atoms with Gasteiger partial charge in [0.05, 0.1) is 5.39 Å². The Kier molecular flexibility index (Phi) is 4.99. The molecule has 2 aromatic heterocycles. The maximum Gasteiger partial charge on any atom is 0.326 e. The van der Waals surface area contributed by atoms with E-state index in [2.05, 4.69) is 15.3 Å². The first-order chi connectivity index (χ1) is 12.0. The Morgan fingerprint density at radius 3 is 2.64 bits per heavy atom. The van der Waals surface area contributed by atoms with Crippen LogP contribution in [0.2, 0.25) is 0 Å². The Morgan fingerprint density at radius 1 is 1.28 bits per heavy atom. The number of anilines is 1. The Labute approximate surface area is 150 Å². The molecular weight excluding hydrogens is 334 g/mol. The number of carboxylic acids is 1. The average Bonchev–Trinajstić information content (AvgIpc) is 2.99. The van der Waals surface area contributed by atoms with Gasteiger partial charge in [-0.1, -0.05) is 50.6 Å². The number of aliphatic carboxylic acids is 1. The fraction of sp³-hybridized carbons (Fsp3) is 0.316. The monoisotopic (exact) mass is 355 g/mol. The summed E-state index contributed by atoms with van der Waals surface area (Å²) in [6.07, 6.45) is 0.770. The molecule has 0 saturated heterocycles. The van der Waals surface area contributed by atoms with E-state index < -0.39 is 12.0 Å². The molecular formula is C19H21N3O2S. The van der Waals surface area contributed by atoms with Crippen LogP contribution in [0, 0.1) is 12.8 Å². The van der Waals surface area contributed by atoms with Crippen LogP contribution >= 0.6 is 11.3 Å². The average molecular weight is 355 g/mol. The summed E-state index contributed by atoms with van der Waals surface area (Å²) in [4.78, 5) is 23.0. The molecule has 0 aliphatic heterocycles. The number of benzene rings is 1. The second kappa shape index (κ2) is 7.19. The van der Waals surface area contributed by atoms with Gasteiger partial charge in [0.1, 0.15) is 16.7 Å². The van der Waals surface area contributed by atoms with E-state index in [1.807, 2.05) is 57.2 Å². The second-order valence-electron chi connectivity index (χ2n) is 6.18. The molecule has 5 nitrogen and oxygen atoms in total. The van der Waals surface area contributed by atoms with Crippen molar-refractivity contribution in [2.24, 2.45) is 5.92 Å². The zero-order valence-corrected chi connectivity index (χ0v) is 15.3. The third-order valence-corrected chi connectivity index (χ3v) is 5.26. The highest BCUT2D eigenvalue weighted by atomic mass is 32.1. The summed E-state index contributed by atoms with van der Waals surface area (Å²) in [7, 11) is 0. The molecule has 2 unspecified atom stereocenters. The SMILES string of the molecule is CCC(C)C(Nc1nc(-c2ccccc2)nc2sc(C)cc12)C(=O)O. The minimum absolute atomic E-state index is 0.0116. The summed E-state index contributed by atoms with van der Waals surface area (Å²) in [6.45, 7) is 5.94. The highest BCUT2D eigenvalue weighted by Gasteiger charge is 2.25. The van der Waals surface area contributed by atoms with Crippen molar-refractivity contribution in [1.29, 1.82) is 0 Å². The van der Waals surface area contributed by atoms with Crippen LogP contribution in [0.3, 0.4) is 0 Å². The van der Waals surface area contributed by atoms with Crippen molar-refractivity contribution in [2.75, 3.05) is 5.32 Å². The number of hydrogen-bond acceptors (Lipinski definition) is 5. The zero-order chi connectivity index (χ0) is 18.0. The minimum Gasteiger partial charge on any atom is -0.480 e. The van der Waals surface area contributed by atoms with Gasteiger partial charge in [-0.2, -0.15) is 0 Å². The van der Waals surface area contributed by atoms with Gasteiger partial charge in [-0.25, -0.2) is 14.8 Å². The highest BCUT2D eigenvalue weighted by Crippen LogP contribution is 2.32. The number of nitrogens with zero attached hydrogens (tertiary/aromatic N) is 2. The predicted molar refractivity (Wildman–Crippen MR) is 102 cm³/mol. The van der Waals surface area contributed by atoms with E-state index in [-0.39, 0.29) is 5.92 Å². The number of rotatable bonds is 6. The van der Waals surface area contributed by atoms with Gasteiger partial charge in [-0.3, -0.25) is 0 Å². The Balaban J connectivity index is 2.10. The molecule has 3 rings (SSSR count). The van der Waals surface area contributed by atoms with Crippen LogP contribution < -0.4 is 5.32 Å². The number of carbonyl (C=O) groups is 1. The number of carboxylic acid groups (broad SMARTS) is 1. The molecule has 0 bridgehead atoms. The fourth-order valence-electron chi connectivity index (χ4n) is 2.70. The highest BCUT2D eigenvalue weighted by molar-refractivity contribution is 7.18. The van der Waals surface area contributed by atoms with E-state index in [1.54, 1.807) is 11.3 Å². The van der Waals surface area contributed by atoms with Crippen molar-refractivity contribution >= 4 is 33.3 Å². The summed E-state index contributed by atoms with van der Waals surface area (Å²) in [5.74, 6) is 0.309. The predicted octanol–water partition coefficient (Wildman–Crippen LogP) is 4.58. The molecule has 6 heteroatoms. The third kappa shape index (κ3) is 3.64. The maximum atomic E-state index is 11.7. The molecule has 0 fully saturated rings. The summed E-state index contributed by atoms with van der Waals surface area (Å²) < 4.78 is 0. The van der Waals surface area contributed by atoms with Gasteiger partial charge in [0, 0.05) is 10.4 Å². The number of hydrogen-bond donors (Lipinski definition) is 2. The fourth-order valence-corrected chi connectivity index (χ4v) is 3.58. The van der Waals surface area contributed by atoms with Crippen LogP contribution in [-0.2, 0) is 4.79 Å². The molecule has 0 amide bonds. The smallest absolute Gasteiger partial charge is 0.326 e. The Bertz CT molecular complexity index is 892. The first-order valence-corrected chi connectivity index (χ1v) is 9.14. The Morgan fingerprint density at radius 2 is 2.00 bits per heavy atom. The van der Waals surface area contributed by atoms with Gasteiger partial charge in [0.25, 0.3) is 0 Å². The largest absolute Gasteiger partial charge is 0.480 e. The van der Waals surface area contributed by atoms with Crippen molar-refractivity contribution in [3.63, 3.8) is 0 Å². The van der Waals surface area contributed by atoms with Gasteiger partial charge in [-0.05, 0) is 18.9 Å². The van der Waals surface area contributed by atoms with Crippen LogP contribution in [-0.4, -0.2) is 27.1 Å². The molecule has 2 atom stereocenters. The summed E-state index contributed by atoms with van der Waals surface area (Å²) in [6, 6.07) is 11.0. The molecule has 0 aliphatic rings. The van der Waals surface area contributed by atoms with Crippen LogP contribution in [0.1, 0.15) is 25.1 Å². The van der Waals surface area contributed by atoms with Crippen LogP contribution in [0.4, 0.5) is 5.82 Å². The number of aromatic nitrogens is 2. The molecule has 0 aliphatic carbocycles. The maximum absolute atomic E-state index is 11.7. The molecule has 130 valence electrons. The van der Waals surface area contributed by atoms with E-state index in [0.29, 0.717) is 11.6 Å². The number of fused-ring (bicyclic) bond motifs is 1. The lowest BCUT2D eigenvalue weighted by atomic mass is 9.99. The number of nitrogens with one attached hydrogen (secondary N) is 1. The molecule has 0 radical (unpaired) electrons. The van der Waals surface area contributed by atoms with Gasteiger partial charge in [0.2, 0.25) is 0 Å². The lowest BCUT2D eigenvalue weighted by molar-refractivity contribution is -0.139. The first-order valence-electron chi connectivity index (χ1n) is 8.32. The number of thiophene rings is 1. The van der Waals surface area contributed by atoms with E-state index in [9.17, 15) is 9.90 Å². The quantitative estimate of drug-likeness (QED) is 0.677. The van der Waals surface area contributed by atoms with Crippen LogP contribution in [0.25, 0.3) is 21.6 Å². The van der Waals surface area contributed by atoms with Crippen molar-refractivity contribution < 1.29 is 9.90 Å². The molecule has 2 N–H and O–H groups in total. The standard InChI is InChI=1S/C19H21N3O2S/c1-4-11(2)15(19(23)24)20-17-14-10-12(3)25-18(14)22-16(21-17)13-8-6-5-7-9-13/h5-11,15H,4H2,1-3H3,(H,23,24)(H,20,21,22). The lowest BCUT2D eigenvalue weighted by Crippen LogP contribution is -2.35.